The minimum atomic E-state index is -0.216. The summed E-state index contributed by atoms with van der Waals surface area (Å²) in [6, 6.07) is 15.7. The zero-order valence-corrected chi connectivity index (χ0v) is 14.4. The van der Waals surface area contributed by atoms with Crippen LogP contribution < -0.4 is 5.32 Å². The molecule has 1 aliphatic carbocycles. The molecule has 6 heteroatoms. The van der Waals surface area contributed by atoms with Gasteiger partial charge in [0.05, 0.1) is 5.54 Å². The summed E-state index contributed by atoms with van der Waals surface area (Å²) >= 11 is 0. The average molecular weight is 348 g/mol. The third-order valence-electron chi connectivity index (χ3n) is 4.84. The molecule has 2 heterocycles. The summed E-state index contributed by atoms with van der Waals surface area (Å²) in [6.45, 7) is 0. The van der Waals surface area contributed by atoms with Crippen molar-refractivity contribution in [2.45, 2.75) is 37.6 Å². The summed E-state index contributed by atoms with van der Waals surface area (Å²) in [5, 5.41) is 7.15. The Morgan fingerprint density at radius 2 is 1.92 bits per heavy atom. The SMILES string of the molecule is O=C(CCc1nc(-c2ccccn2)no1)NC1(c2ccccc2)CCC1. The standard InChI is InChI=1S/C20H20N4O2/c25-17(23-20(12-6-13-20)15-7-2-1-3-8-15)10-11-18-22-19(24-26-18)16-9-4-5-14-21-16/h1-5,7-9,14H,6,10-13H2,(H,23,25). The molecule has 6 nitrogen and oxygen atoms in total. The molecule has 1 aliphatic rings. The number of rotatable bonds is 6. The molecule has 132 valence electrons. The van der Waals surface area contributed by atoms with Gasteiger partial charge in [-0.05, 0) is 37.0 Å². The molecule has 0 saturated heterocycles. The van der Waals surface area contributed by atoms with Crippen molar-refractivity contribution in [2.24, 2.45) is 0 Å². The molecule has 2 aromatic heterocycles. The highest BCUT2D eigenvalue weighted by atomic mass is 16.5. The molecule has 1 N–H and O–H groups in total. The number of nitrogens with zero attached hydrogens (tertiary/aromatic N) is 3. The third-order valence-corrected chi connectivity index (χ3v) is 4.84. The second-order valence-corrected chi connectivity index (χ2v) is 6.58. The van der Waals surface area contributed by atoms with Crippen molar-refractivity contribution in [2.75, 3.05) is 0 Å². The number of carbonyl (C=O) groups excluding carboxylic acids is 1. The summed E-state index contributed by atoms with van der Waals surface area (Å²) in [4.78, 5) is 21.0. The van der Waals surface area contributed by atoms with Gasteiger partial charge in [-0.25, -0.2) is 0 Å². The van der Waals surface area contributed by atoms with Crippen LogP contribution in [-0.4, -0.2) is 21.0 Å². The number of amides is 1. The maximum atomic E-state index is 12.5. The molecule has 0 aliphatic heterocycles. The Bertz CT molecular complexity index is 873. The number of pyridine rings is 1. The van der Waals surface area contributed by atoms with Crippen molar-refractivity contribution in [3.05, 3.63) is 66.2 Å². The first kappa shape index (κ1) is 16.4. The Morgan fingerprint density at radius 1 is 1.12 bits per heavy atom. The average Bonchev–Trinajstić information content (AvgIpc) is 3.14. The Kier molecular flexibility index (Phi) is 4.48. The van der Waals surface area contributed by atoms with Gasteiger partial charge in [0.15, 0.2) is 0 Å². The normalized spacial score (nSPS) is 15.2. The van der Waals surface area contributed by atoms with Crippen molar-refractivity contribution in [1.82, 2.24) is 20.4 Å². The van der Waals surface area contributed by atoms with Crippen LogP contribution in [0, 0.1) is 0 Å². The number of hydrogen-bond acceptors (Lipinski definition) is 5. The number of aromatic nitrogens is 3. The van der Waals surface area contributed by atoms with Gasteiger partial charge in [0, 0.05) is 19.0 Å². The van der Waals surface area contributed by atoms with Crippen LogP contribution in [0.5, 0.6) is 0 Å². The van der Waals surface area contributed by atoms with E-state index in [1.807, 2.05) is 36.4 Å². The zero-order valence-electron chi connectivity index (χ0n) is 14.4. The highest BCUT2D eigenvalue weighted by molar-refractivity contribution is 5.77. The van der Waals surface area contributed by atoms with E-state index in [0.29, 0.717) is 30.3 Å². The van der Waals surface area contributed by atoms with Crippen LogP contribution >= 0.6 is 0 Å². The Hall–Kier alpha value is -3.02. The van der Waals surface area contributed by atoms with E-state index in [2.05, 4.69) is 32.6 Å². The largest absolute Gasteiger partial charge is 0.347 e. The van der Waals surface area contributed by atoms with Gasteiger partial charge in [0.1, 0.15) is 5.69 Å². The van der Waals surface area contributed by atoms with Crippen molar-refractivity contribution in [3.63, 3.8) is 0 Å². The highest BCUT2D eigenvalue weighted by Crippen LogP contribution is 2.41. The molecule has 0 radical (unpaired) electrons. The summed E-state index contributed by atoms with van der Waals surface area (Å²) in [5.41, 5.74) is 1.62. The molecule has 0 spiro atoms. The van der Waals surface area contributed by atoms with Gasteiger partial charge in [-0.2, -0.15) is 4.98 Å². The number of carbonyl (C=O) groups is 1. The van der Waals surface area contributed by atoms with E-state index in [-0.39, 0.29) is 11.4 Å². The molecule has 1 saturated carbocycles. The van der Waals surface area contributed by atoms with Gasteiger partial charge in [-0.15, -0.1) is 0 Å². The molecule has 3 aromatic rings. The first-order chi connectivity index (χ1) is 12.8. The summed E-state index contributed by atoms with van der Waals surface area (Å²) in [6.07, 6.45) is 5.50. The fourth-order valence-electron chi connectivity index (χ4n) is 3.28. The van der Waals surface area contributed by atoms with Crippen LogP contribution in [0.15, 0.2) is 59.3 Å². The van der Waals surface area contributed by atoms with Gasteiger partial charge in [-0.3, -0.25) is 9.78 Å². The van der Waals surface area contributed by atoms with Crippen LogP contribution in [0.2, 0.25) is 0 Å². The second kappa shape index (κ2) is 7.07. The molecular weight excluding hydrogens is 328 g/mol. The van der Waals surface area contributed by atoms with E-state index in [0.717, 1.165) is 19.3 Å². The first-order valence-corrected chi connectivity index (χ1v) is 8.86. The lowest BCUT2D eigenvalue weighted by Gasteiger charge is -2.43. The Morgan fingerprint density at radius 3 is 2.62 bits per heavy atom. The van der Waals surface area contributed by atoms with Crippen LogP contribution in [0.4, 0.5) is 0 Å². The first-order valence-electron chi connectivity index (χ1n) is 8.86. The van der Waals surface area contributed by atoms with Gasteiger partial charge in [0.2, 0.25) is 17.6 Å². The lowest BCUT2D eigenvalue weighted by Crippen LogP contribution is -2.50. The summed E-state index contributed by atoms with van der Waals surface area (Å²) in [5.74, 6) is 0.898. The third kappa shape index (κ3) is 3.35. The fraction of sp³-hybridized carbons (Fsp3) is 0.300. The maximum Gasteiger partial charge on any atom is 0.227 e. The topological polar surface area (TPSA) is 80.9 Å². The quantitative estimate of drug-likeness (QED) is 0.739. The minimum Gasteiger partial charge on any atom is -0.347 e. The van der Waals surface area contributed by atoms with Crippen molar-refractivity contribution >= 4 is 5.91 Å². The van der Waals surface area contributed by atoms with Crippen LogP contribution in [0.3, 0.4) is 0 Å². The monoisotopic (exact) mass is 348 g/mol. The predicted molar refractivity (Wildman–Crippen MR) is 96.0 cm³/mol. The lowest BCUT2D eigenvalue weighted by atomic mass is 9.71. The van der Waals surface area contributed by atoms with E-state index in [4.69, 9.17) is 4.52 Å². The molecule has 0 atom stereocenters. The molecule has 1 amide bonds. The predicted octanol–water partition coefficient (Wildman–Crippen LogP) is 3.26. The summed E-state index contributed by atoms with van der Waals surface area (Å²) < 4.78 is 5.24. The van der Waals surface area contributed by atoms with Crippen LogP contribution in [-0.2, 0) is 16.8 Å². The second-order valence-electron chi connectivity index (χ2n) is 6.58. The smallest absolute Gasteiger partial charge is 0.227 e. The van der Waals surface area contributed by atoms with Crippen LogP contribution in [0.25, 0.3) is 11.5 Å². The Labute approximate surface area is 151 Å². The molecule has 0 bridgehead atoms. The van der Waals surface area contributed by atoms with Crippen LogP contribution in [0.1, 0.15) is 37.1 Å². The van der Waals surface area contributed by atoms with Crippen molar-refractivity contribution in [1.29, 1.82) is 0 Å². The highest BCUT2D eigenvalue weighted by Gasteiger charge is 2.39. The van der Waals surface area contributed by atoms with E-state index in [1.54, 1.807) is 6.20 Å². The Balaban J connectivity index is 1.37. The van der Waals surface area contributed by atoms with Gasteiger partial charge in [-0.1, -0.05) is 41.6 Å². The number of hydrogen-bond donors (Lipinski definition) is 1. The summed E-state index contributed by atoms with van der Waals surface area (Å²) in [7, 11) is 0. The molecule has 4 rings (SSSR count). The molecule has 26 heavy (non-hydrogen) atoms. The van der Waals surface area contributed by atoms with E-state index in [9.17, 15) is 4.79 Å². The molecular formula is C20H20N4O2. The number of benzene rings is 1. The minimum absolute atomic E-state index is 0.00568. The fourth-order valence-corrected chi connectivity index (χ4v) is 3.28. The molecule has 0 unspecified atom stereocenters. The lowest BCUT2D eigenvalue weighted by molar-refractivity contribution is -0.124. The van der Waals surface area contributed by atoms with E-state index < -0.39 is 0 Å². The number of nitrogens with one attached hydrogen (secondary N) is 1. The molecule has 1 fully saturated rings. The van der Waals surface area contributed by atoms with Gasteiger partial charge >= 0.3 is 0 Å². The van der Waals surface area contributed by atoms with E-state index >= 15 is 0 Å². The number of aryl methyl sites for hydroxylation is 1. The van der Waals surface area contributed by atoms with Crippen molar-refractivity contribution in [3.8, 4) is 11.5 Å². The zero-order chi connectivity index (χ0) is 17.8. The van der Waals surface area contributed by atoms with Crippen molar-refractivity contribution < 1.29 is 9.32 Å². The maximum absolute atomic E-state index is 12.5. The van der Waals surface area contributed by atoms with Gasteiger partial charge < -0.3 is 9.84 Å². The molecule has 1 aromatic carbocycles. The van der Waals surface area contributed by atoms with Gasteiger partial charge in [0.25, 0.3) is 0 Å². The van der Waals surface area contributed by atoms with E-state index in [1.165, 1.54) is 5.56 Å².